The Bertz CT molecular complexity index is 496. The Kier molecular flexibility index (Phi) is 3.90. The third kappa shape index (κ3) is 2.78. The highest BCUT2D eigenvalue weighted by atomic mass is 79.9. The molecule has 0 fully saturated rings. The van der Waals surface area contributed by atoms with E-state index in [4.69, 9.17) is 11.6 Å². The molecule has 1 heterocycles. The Morgan fingerprint density at radius 3 is 2.81 bits per heavy atom. The molecule has 0 saturated heterocycles. The lowest BCUT2D eigenvalue weighted by molar-refractivity contribution is 1.17. The molecule has 16 heavy (non-hydrogen) atoms. The topological polar surface area (TPSA) is 12.0 Å². The zero-order valence-electron chi connectivity index (χ0n) is 8.76. The van der Waals surface area contributed by atoms with Gasteiger partial charge < -0.3 is 5.32 Å². The van der Waals surface area contributed by atoms with Crippen molar-refractivity contribution in [2.24, 2.45) is 0 Å². The van der Waals surface area contributed by atoms with Crippen LogP contribution in [-0.4, -0.2) is 0 Å². The minimum atomic E-state index is 0.730. The lowest BCUT2D eigenvalue weighted by atomic mass is 10.2. The third-order valence-corrected chi connectivity index (χ3v) is 4.60. The van der Waals surface area contributed by atoms with E-state index in [1.165, 1.54) is 10.4 Å². The minimum Gasteiger partial charge on any atom is -0.380 e. The Labute approximate surface area is 113 Å². The normalized spacial score (nSPS) is 10.4. The number of rotatable bonds is 3. The van der Waals surface area contributed by atoms with Gasteiger partial charge in [-0.1, -0.05) is 11.6 Å². The number of anilines is 1. The van der Waals surface area contributed by atoms with E-state index in [0.717, 1.165) is 21.7 Å². The molecule has 1 nitrogen and oxygen atoms in total. The van der Waals surface area contributed by atoms with Crippen molar-refractivity contribution in [3.8, 4) is 0 Å². The maximum Gasteiger partial charge on any atom is 0.0568 e. The van der Waals surface area contributed by atoms with Crippen LogP contribution in [-0.2, 0) is 6.54 Å². The molecule has 2 aromatic rings. The van der Waals surface area contributed by atoms with Crippen LogP contribution in [0.15, 0.2) is 34.1 Å². The molecule has 84 valence electrons. The van der Waals surface area contributed by atoms with Crippen LogP contribution >= 0.6 is 38.9 Å². The van der Waals surface area contributed by atoms with Gasteiger partial charge in [0.2, 0.25) is 0 Å². The molecule has 1 aromatic carbocycles. The molecule has 1 N–H and O–H groups in total. The smallest absolute Gasteiger partial charge is 0.0568 e. The predicted molar refractivity (Wildman–Crippen MR) is 75.5 cm³/mol. The fourth-order valence-electron chi connectivity index (χ4n) is 1.37. The van der Waals surface area contributed by atoms with Gasteiger partial charge in [0, 0.05) is 21.6 Å². The van der Waals surface area contributed by atoms with Crippen LogP contribution in [0.2, 0.25) is 5.02 Å². The third-order valence-electron chi connectivity index (χ3n) is 2.34. The zero-order valence-corrected chi connectivity index (χ0v) is 11.9. The molecule has 0 atom stereocenters. The van der Waals surface area contributed by atoms with Gasteiger partial charge in [0.1, 0.15) is 0 Å². The second-order valence-electron chi connectivity index (χ2n) is 3.51. The van der Waals surface area contributed by atoms with Crippen molar-refractivity contribution in [3.05, 3.63) is 49.6 Å². The van der Waals surface area contributed by atoms with Crippen LogP contribution in [0.25, 0.3) is 0 Å². The van der Waals surface area contributed by atoms with E-state index in [2.05, 4.69) is 39.6 Å². The maximum atomic E-state index is 6.02. The van der Waals surface area contributed by atoms with Crippen molar-refractivity contribution in [3.63, 3.8) is 0 Å². The van der Waals surface area contributed by atoms with E-state index in [-0.39, 0.29) is 0 Å². The monoisotopic (exact) mass is 315 g/mol. The first-order valence-corrected chi connectivity index (χ1v) is 6.94. The summed E-state index contributed by atoms with van der Waals surface area (Å²) in [7, 11) is 0. The van der Waals surface area contributed by atoms with E-state index < -0.39 is 0 Å². The molecule has 0 aliphatic carbocycles. The molecule has 0 saturated carbocycles. The quantitative estimate of drug-likeness (QED) is 0.832. The van der Waals surface area contributed by atoms with Crippen LogP contribution in [0.5, 0.6) is 0 Å². The fraction of sp³-hybridized carbons (Fsp3) is 0.167. The van der Waals surface area contributed by atoms with Crippen molar-refractivity contribution in [1.29, 1.82) is 0 Å². The number of aryl methyl sites for hydroxylation is 1. The van der Waals surface area contributed by atoms with Gasteiger partial charge in [-0.2, -0.15) is 0 Å². The standard InChI is InChI=1S/C12H11BrClNS/c1-8-4-5-16-12(8)7-15-9-2-3-10(13)11(14)6-9/h2-6,15H,7H2,1H3. The van der Waals surface area contributed by atoms with Crippen molar-refractivity contribution in [2.75, 3.05) is 5.32 Å². The van der Waals surface area contributed by atoms with Crippen LogP contribution in [0.4, 0.5) is 5.69 Å². The molecule has 0 aliphatic heterocycles. The van der Waals surface area contributed by atoms with Gasteiger partial charge in [0.15, 0.2) is 0 Å². The van der Waals surface area contributed by atoms with Crippen molar-refractivity contribution < 1.29 is 0 Å². The summed E-state index contributed by atoms with van der Waals surface area (Å²) in [6.07, 6.45) is 0. The molecular formula is C12H11BrClNS. The highest BCUT2D eigenvalue weighted by Crippen LogP contribution is 2.26. The molecule has 0 spiro atoms. The van der Waals surface area contributed by atoms with Crippen molar-refractivity contribution >= 4 is 44.6 Å². The number of benzene rings is 1. The summed E-state index contributed by atoms with van der Waals surface area (Å²) in [5.74, 6) is 0. The summed E-state index contributed by atoms with van der Waals surface area (Å²) < 4.78 is 0.923. The maximum absolute atomic E-state index is 6.02. The Morgan fingerprint density at radius 2 is 2.19 bits per heavy atom. The summed E-state index contributed by atoms with van der Waals surface area (Å²) in [6.45, 7) is 2.98. The first kappa shape index (κ1) is 12.0. The predicted octanol–water partition coefficient (Wildman–Crippen LogP) is 5.08. The molecule has 0 amide bonds. The van der Waals surface area contributed by atoms with Crippen LogP contribution < -0.4 is 5.32 Å². The van der Waals surface area contributed by atoms with Crippen molar-refractivity contribution in [2.45, 2.75) is 13.5 Å². The first-order chi connectivity index (χ1) is 7.66. The van der Waals surface area contributed by atoms with Crippen LogP contribution in [0, 0.1) is 6.92 Å². The molecule has 0 bridgehead atoms. The molecule has 0 unspecified atom stereocenters. The largest absolute Gasteiger partial charge is 0.380 e. The highest BCUT2D eigenvalue weighted by molar-refractivity contribution is 9.10. The number of hydrogen-bond donors (Lipinski definition) is 1. The number of hydrogen-bond acceptors (Lipinski definition) is 2. The fourth-order valence-corrected chi connectivity index (χ4v) is 2.65. The lowest BCUT2D eigenvalue weighted by Crippen LogP contribution is -1.98. The zero-order chi connectivity index (χ0) is 11.5. The average Bonchev–Trinajstić information content (AvgIpc) is 2.66. The summed E-state index contributed by atoms with van der Waals surface area (Å²) >= 11 is 11.2. The molecule has 0 radical (unpaired) electrons. The van der Waals surface area contributed by atoms with Crippen LogP contribution in [0.3, 0.4) is 0 Å². The molecular weight excluding hydrogens is 306 g/mol. The van der Waals surface area contributed by atoms with Crippen molar-refractivity contribution in [1.82, 2.24) is 0 Å². The SMILES string of the molecule is Cc1ccsc1CNc1ccc(Br)c(Cl)c1. The van der Waals surface area contributed by atoms with Gasteiger partial charge in [-0.15, -0.1) is 11.3 Å². The van der Waals surface area contributed by atoms with Gasteiger partial charge in [-0.05, 0) is 58.1 Å². The Balaban J connectivity index is 2.05. The van der Waals surface area contributed by atoms with E-state index in [0.29, 0.717) is 0 Å². The van der Waals surface area contributed by atoms with E-state index in [1.807, 2.05) is 18.2 Å². The molecule has 2 rings (SSSR count). The van der Waals surface area contributed by atoms with E-state index >= 15 is 0 Å². The van der Waals surface area contributed by atoms with Gasteiger partial charge in [-0.3, -0.25) is 0 Å². The summed E-state index contributed by atoms with van der Waals surface area (Å²) in [6, 6.07) is 8.02. The van der Waals surface area contributed by atoms with E-state index in [9.17, 15) is 0 Å². The Hall–Kier alpha value is -0.510. The van der Waals surface area contributed by atoms with Gasteiger partial charge in [-0.25, -0.2) is 0 Å². The summed E-state index contributed by atoms with van der Waals surface area (Å²) in [5, 5.41) is 6.20. The number of halogens is 2. The second-order valence-corrected chi connectivity index (χ2v) is 5.77. The molecule has 4 heteroatoms. The average molecular weight is 317 g/mol. The summed E-state index contributed by atoms with van der Waals surface area (Å²) in [5.41, 5.74) is 2.38. The van der Waals surface area contributed by atoms with E-state index in [1.54, 1.807) is 11.3 Å². The second kappa shape index (κ2) is 5.21. The number of thiophene rings is 1. The highest BCUT2D eigenvalue weighted by Gasteiger charge is 2.01. The van der Waals surface area contributed by atoms with Gasteiger partial charge in [0.25, 0.3) is 0 Å². The van der Waals surface area contributed by atoms with Gasteiger partial charge >= 0.3 is 0 Å². The molecule has 0 aliphatic rings. The molecule has 1 aromatic heterocycles. The lowest BCUT2D eigenvalue weighted by Gasteiger charge is -2.07. The van der Waals surface area contributed by atoms with Gasteiger partial charge in [0.05, 0.1) is 5.02 Å². The van der Waals surface area contributed by atoms with Crippen LogP contribution in [0.1, 0.15) is 10.4 Å². The first-order valence-electron chi connectivity index (χ1n) is 4.88. The Morgan fingerprint density at radius 1 is 1.38 bits per heavy atom. The summed E-state index contributed by atoms with van der Waals surface area (Å²) in [4.78, 5) is 1.36. The minimum absolute atomic E-state index is 0.730. The number of nitrogens with one attached hydrogen (secondary N) is 1.